The predicted molar refractivity (Wildman–Crippen MR) is 74.0 cm³/mol. The van der Waals surface area contributed by atoms with Crippen molar-refractivity contribution in [2.45, 2.75) is 25.5 Å². The fraction of sp³-hybridized carbons (Fsp3) is 0.385. The molecule has 5 heteroatoms. The molecule has 0 saturated carbocycles. The molecule has 0 bridgehead atoms. The zero-order chi connectivity index (χ0) is 13.5. The summed E-state index contributed by atoms with van der Waals surface area (Å²) >= 11 is 1.34. The minimum Gasteiger partial charge on any atom is -0.481 e. The molecule has 0 aliphatic carbocycles. The molecule has 1 amide bonds. The van der Waals surface area contributed by atoms with Crippen LogP contribution in [0.3, 0.4) is 0 Å². The SMILES string of the molecule is Cc1ccc(NC(=O)CSC(C)CC(=O)O)cc1. The van der Waals surface area contributed by atoms with Crippen molar-refractivity contribution in [1.82, 2.24) is 0 Å². The molecule has 98 valence electrons. The third-order valence-corrected chi connectivity index (χ3v) is 3.46. The molecule has 0 radical (unpaired) electrons. The fourth-order valence-electron chi connectivity index (χ4n) is 1.36. The van der Waals surface area contributed by atoms with Crippen LogP contribution in [0, 0.1) is 6.92 Å². The summed E-state index contributed by atoms with van der Waals surface area (Å²) in [5.41, 5.74) is 1.90. The summed E-state index contributed by atoms with van der Waals surface area (Å²) in [7, 11) is 0. The molecule has 1 aromatic rings. The molecular weight excluding hydrogens is 250 g/mol. The molecule has 0 aliphatic rings. The third kappa shape index (κ3) is 5.72. The van der Waals surface area contributed by atoms with E-state index in [1.807, 2.05) is 31.2 Å². The summed E-state index contributed by atoms with van der Waals surface area (Å²) in [5, 5.41) is 11.3. The van der Waals surface area contributed by atoms with Gasteiger partial charge in [-0.25, -0.2) is 0 Å². The Balaban J connectivity index is 2.33. The number of rotatable bonds is 6. The molecule has 18 heavy (non-hydrogen) atoms. The number of thioether (sulfide) groups is 1. The molecule has 0 spiro atoms. The van der Waals surface area contributed by atoms with Gasteiger partial charge in [0.2, 0.25) is 5.91 Å². The number of aliphatic carboxylic acids is 1. The van der Waals surface area contributed by atoms with Gasteiger partial charge in [-0.1, -0.05) is 24.6 Å². The Morgan fingerprint density at radius 1 is 1.33 bits per heavy atom. The van der Waals surface area contributed by atoms with Crippen LogP contribution >= 0.6 is 11.8 Å². The highest BCUT2D eigenvalue weighted by Crippen LogP contribution is 2.15. The van der Waals surface area contributed by atoms with E-state index in [2.05, 4.69) is 5.32 Å². The Morgan fingerprint density at radius 2 is 1.94 bits per heavy atom. The predicted octanol–water partition coefficient (Wildman–Crippen LogP) is 2.53. The summed E-state index contributed by atoms with van der Waals surface area (Å²) in [6, 6.07) is 7.54. The number of carboxylic acids is 1. The average Bonchev–Trinajstić information content (AvgIpc) is 2.29. The monoisotopic (exact) mass is 267 g/mol. The van der Waals surface area contributed by atoms with Gasteiger partial charge in [0.25, 0.3) is 0 Å². The van der Waals surface area contributed by atoms with Crippen LogP contribution in [0.15, 0.2) is 24.3 Å². The molecule has 0 aromatic heterocycles. The standard InChI is InChI=1S/C13H17NO3S/c1-9-3-5-11(6-4-9)14-12(15)8-18-10(2)7-13(16)17/h3-6,10H,7-8H2,1-2H3,(H,14,15)(H,16,17). The van der Waals surface area contributed by atoms with E-state index in [0.29, 0.717) is 0 Å². The van der Waals surface area contributed by atoms with Gasteiger partial charge in [0.15, 0.2) is 0 Å². The molecule has 0 aliphatic heterocycles. The largest absolute Gasteiger partial charge is 0.481 e. The summed E-state index contributed by atoms with van der Waals surface area (Å²) in [4.78, 5) is 22.1. The first-order chi connectivity index (χ1) is 8.47. The lowest BCUT2D eigenvalue weighted by molar-refractivity contribution is -0.136. The van der Waals surface area contributed by atoms with Gasteiger partial charge < -0.3 is 10.4 Å². The zero-order valence-corrected chi connectivity index (χ0v) is 11.3. The first-order valence-electron chi connectivity index (χ1n) is 5.67. The van der Waals surface area contributed by atoms with Crippen LogP contribution in [-0.2, 0) is 9.59 Å². The lowest BCUT2D eigenvalue weighted by atomic mass is 10.2. The van der Waals surface area contributed by atoms with E-state index in [1.165, 1.54) is 11.8 Å². The first-order valence-corrected chi connectivity index (χ1v) is 6.72. The smallest absolute Gasteiger partial charge is 0.304 e. The lowest BCUT2D eigenvalue weighted by Gasteiger charge is -2.09. The Labute approximate surface area is 111 Å². The molecule has 1 aromatic carbocycles. The maximum absolute atomic E-state index is 11.6. The number of hydrogen-bond donors (Lipinski definition) is 2. The van der Waals surface area contributed by atoms with Crippen LogP contribution in [0.5, 0.6) is 0 Å². The van der Waals surface area contributed by atoms with Crippen molar-refractivity contribution in [2.24, 2.45) is 0 Å². The van der Waals surface area contributed by atoms with Crippen molar-refractivity contribution in [3.8, 4) is 0 Å². The van der Waals surface area contributed by atoms with Crippen molar-refractivity contribution in [3.63, 3.8) is 0 Å². The Kier molecular flexibility index (Phi) is 5.71. The Bertz CT molecular complexity index is 417. The molecule has 4 nitrogen and oxygen atoms in total. The molecular formula is C13H17NO3S. The molecule has 0 heterocycles. The first kappa shape index (κ1) is 14.6. The van der Waals surface area contributed by atoms with Crippen LogP contribution in [0.25, 0.3) is 0 Å². The summed E-state index contributed by atoms with van der Waals surface area (Å²) < 4.78 is 0. The number of carbonyl (C=O) groups is 2. The second-order valence-electron chi connectivity index (χ2n) is 4.13. The number of nitrogens with one attached hydrogen (secondary N) is 1. The van der Waals surface area contributed by atoms with Gasteiger partial charge >= 0.3 is 5.97 Å². The van der Waals surface area contributed by atoms with Crippen molar-refractivity contribution < 1.29 is 14.7 Å². The fourth-order valence-corrected chi connectivity index (χ4v) is 2.13. The summed E-state index contributed by atoms with van der Waals surface area (Å²) in [6.07, 6.45) is 0.0719. The van der Waals surface area contributed by atoms with Gasteiger partial charge in [-0.2, -0.15) is 0 Å². The second kappa shape index (κ2) is 7.06. The minimum atomic E-state index is -0.839. The van der Waals surface area contributed by atoms with Crippen molar-refractivity contribution in [2.75, 3.05) is 11.1 Å². The molecule has 2 N–H and O–H groups in total. The average molecular weight is 267 g/mol. The van der Waals surface area contributed by atoms with Crippen LogP contribution in [0.1, 0.15) is 18.9 Å². The van der Waals surface area contributed by atoms with E-state index in [9.17, 15) is 9.59 Å². The molecule has 0 fully saturated rings. The van der Waals surface area contributed by atoms with E-state index >= 15 is 0 Å². The molecule has 1 atom stereocenters. The normalized spacial score (nSPS) is 11.9. The van der Waals surface area contributed by atoms with E-state index in [1.54, 1.807) is 6.92 Å². The van der Waals surface area contributed by atoms with E-state index in [0.717, 1.165) is 11.3 Å². The van der Waals surface area contributed by atoms with Crippen LogP contribution in [-0.4, -0.2) is 28.0 Å². The number of aryl methyl sites for hydroxylation is 1. The van der Waals surface area contributed by atoms with Gasteiger partial charge in [-0.3, -0.25) is 9.59 Å². The van der Waals surface area contributed by atoms with E-state index < -0.39 is 5.97 Å². The quantitative estimate of drug-likeness (QED) is 0.831. The number of carbonyl (C=O) groups excluding carboxylic acids is 1. The minimum absolute atomic E-state index is 0.0636. The lowest BCUT2D eigenvalue weighted by Crippen LogP contribution is -2.16. The van der Waals surface area contributed by atoms with Gasteiger partial charge in [0, 0.05) is 10.9 Å². The van der Waals surface area contributed by atoms with Crippen molar-refractivity contribution in [3.05, 3.63) is 29.8 Å². The van der Waals surface area contributed by atoms with Gasteiger partial charge in [0.1, 0.15) is 0 Å². The van der Waals surface area contributed by atoms with E-state index in [4.69, 9.17) is 5.11 Å². The van der Waals surface area contributed by atoms with Crippen LogP contribution in [0.4, 0.5) is 5.69 Å². The van der Waals surface area contributed by atoms with Gasteiger partial charge in [-0.15, -0.1) is 11.8 Å². The Morgan fingerprint density at radius 3 is 2.50 bits per heavy atom. The maximum atomic E-state index is 11.6. The van der Waals surface area contributed by atoms with Crippen molar-refractivity contribution in [1.29, 1.82) is 0 Å². The summed E-state index contributed by atoms with van der Waals surface area (Å²) in [5.74, 6) is -0.683. The maximum Gasteiger partial charge on any atom is 0.304 e. The third-order valence-electron chi connectivity index (χ3n) is 2.30. The van der Waals surface area contributed by atoms with Gasteiger partial charge in [-0.05, 0) is 19.1 Å². The number of hydrogen-bond acceptors (Lipinski definition) is 3. The second-order valence-corrected chi connectivity index (χ2v) is 5.56. The highest BCUT2D eigenvalue weighted by molar-refractivity contribution is 8.00. The molecule has 0 saturated heterocycles. The van der Waals surface area contributed by atoms with E-state index in [-0.39, 0.29) is 23.3 Å². The molecule has 1 unspecified atom stereocenters. The highest BCUT2D eigenvalue weighted by Gasteiger charge is 2.10. The topological polar surface area (TPSA) is 66.4 Å². The number of benzene rings is 1. The van der Waals surface area contributed by atoms with Crippen LogP contribution < -0.4 is 5.32 Å². The zero-order valence-electron chi connectivity index (χ0n) is 10.5. The molecule has 1 rings (SSSR count). The Hall–Kier alpha value is -1.49. The van der Waals surface area contributed by atoms with Crippen molar-refractivity contribution >= 4 is 29.3 Å². The van der Waals surface area contributed by atoms with Gasteiger partial charge in [0.05, 0.1) is 12.2 Å². The van der Waals surface area contributed by atoms with Crippen LogP contribution in [0.2, 0.25) is 0 Å². The number of carboxylic acid groups (broad SMARTS) is 1. The summed E-state index contributed by atoms with van der Waals surface area (Å²) in [6.45, 7) is 3.78. The number of anilines is 1. The highest BCUT2D eigenvalue weighted by atomic mass is 32.2. The number of amides is 1.